The maximum Gasteiger partial charge on any atom is 0.313 e. The zero-order chi connectivity index (χ0) is 15.4. The summed E-state index contributed by atoms with van der Waals surface area (Å²) in [7, 11) is 1.91. The number of hydrogen-bond donors (Lipinski definition) is 1. The van der Waals surface area contributed by atoms with Gasteiger partial charge in [0.25, 0.3) is 0 Å². The van der Waals surface area contributed by atoms with Gasteiger partial charge < -0.3 is 14.2 Å². The van der Waals surface area contributed by atoms with Crippen LogP contribution in [0.4, 0.5) is 0 Å². The minimum Gasteiger partial charge on any atom is -0.481 e. The molecule has 1 N–H and O–H groups in total. The summed E-state index contributed by atoms with van der Waals surface area (Å²) in [5, 5.41) is 17.5. The molecular formula is C13H19N5O2S. The molecule has 2 aromatic heterocycles. The summed E-state index contributed by atoms with van der Waals surface area (Å²) < 4.78 is 3.96. The summed E-state index contributed by atoms with van der Waals surface area (Å²) in [6.45, 7) is 4.91. The number of carboxylic acid groups (broad SMARTS) is 1. The second kappa shape index (κ2) is 6.75. The highest BCUT2D eigenvalue weighted by Crippen LogP contribution is 2.23. The third-order valence-electron chi connectivity index (χ3n) is 3.13. The first kappa shape index (κ1) is 15.6. The van der Waals surface area contributed by atoms with Gasteiger partial charge in [-0.15, -0.1) is 10.2 Å². The Kier molecular flexibility index (Phi) is 5.00. The van der Waals surface area contributed by atoms with Gasteiger partial charge in [0, 0.05) is 31.9 Å². The fourth-order valence-corrected chi connectivity index (χ4v) is 2.78. The van der Waals surface area contributed by atoms with E-state index in [4.69, 9.17) is 5.11 Å². The van der Waals surface area contributed by atoms with Crippen molar-refractivity contribution in [2.24, 2.45) is 7.05 Å². The second-order valence-corrected chi connectivity index (χ2v) is 6.00. The Morgan fingerprint density at radius 2 is 2.24 bits per heavy atom. The van der Waals surface area contributed by atoms with Crippen LogP contribution in [0.15, 0.2) is 17.7 Å². The average molecular weight is 309 g/mol. The van der Waals surface area contributed by atoms with E-state index in [9.17, 15) is 4.79 Å². The molecule has 0 atom stereocenters. The highest BCUT2D eigenvalue weighted by Gasteiger charge is 2.15. The standard InChI is InChI=1S/C13H19N5O2S/c1-9(2)10-6-14-13(21-7-12(19)20)18(10)5-4-11-16-15-8-17(11)3/h6,8-9H,4-5,7H2,1-3H3,(H,19,20). The molecule has 2 aromatic rings. The molecule has 0 aliphatic rings. The number of carboxylic acids is 1. The maximum atomic E-state index is 10.7. The third kappa shape index (κ3) is 3.84. The fraction of sp³-hybridized carbons (Fsp3) is 0.538. The molecule has 0 aromatic carbocycles. The lowest BCUT2D eigenvalue weighted by Gasteiger charge is -2.13. The molecular weight excluding hydrogens is 290 g/mol. The van der Waals surface area contributed by atoms with Gasteiger partial charge in [-0.25, -0.2) is 4.98 Å². The van der Waals surface area contributed by atoms with Gasteiger partial charge in [-0.3, -0.25) is 4.79 Å². The number of carbonyl (C=O) groups is 1. The van der Waals surface area contributed by atoms with E-state index in [0.717, 1.165) is 23.1 Å². The van der Waals surface area contributed by atoms with Gasteiger partial charge in [-0.1, -0.05) is 25.6 Å². The van der Waals surface area contributed by atoms with Crippen molar-refractivity contribution in [1.82, 2.24) is 24.3 Å². The number of rotatable bonds is 7. The van der Waals surface area contributed by atoms with E-state index in [1.165, 1.54) is 11.8 Å². The molecule has 2 heterocycles. The Morgan fingerprint density at radius 1 is 1.48 bits per heavy atom. The third-order valence-corrected chi connectivity index (χ3v) is 4.11. The molecule has 0 spiro atoms. The Balaban J connectivity index is 2.16. The zero-order valence-electron chi connectivity index (χ0n) is 12.4. The van der Waals surface area contributed by atoms with E-state index in [0.29, 0.717) is 12.5 Å². The second-order valence-electron chi connectivity index (χ2n) is 5.06. The summed E-state index contributed by atoms with van der Waals surface area (Å²) in [5.41, 5.74) is 1.10. The molecule has 114 valence electrons. The van der Waals surface area contributed by atoms with Crippen LogP contribution in [0, 0.1) is 0 Å². The van der Waals surface area contributed by atoms with Gasteiger partial charge in [0.05, 0.1) is 5.75 Å². The van der Waals surface area contributed by atoms with E-state index in [2.05, 4.69) is 33.6 Å². The highest BCUT2D eigenvalue weighted by atomic mass is 32.2. The van der Waals surface area contributed by atoms with E-state index in [1.54, 1.807) is 6.33 Å². The molecule has 0 amide bonds. The van der Waals surface area contributed by atoms with Crippen LogP contribution in [-0.4, -0.2) is 41.1 Å². The van der Waals surface area contributed by atoms with Gasteiger partial charge in [-0.05, 0) is 5.92 Å². The molecule has 0 unspecified atom stereocenters. The number of aliphatic carboxylic acids is 1. The predicted molar refractivity (Wildman–Crippen MR) is 79.4 cm³/mol. The molecule has 0 saturated carbocycles. The smallest absolute Gasteiger partial charge is 0.313 e. The summed E-state index contributed by atoms with van der Waals surface area (Å²) in [5.74, 6) is 0.399. The Labute approximate surface area is 127 Å². The largest absolute Gasteiger partial charge is 0.481 e. The molecule has 21 heavy (non-hydrogen) atoms. The first-order valence-electron chi connectivity index (χ1n) is 6.72. The van der Waals surface area contributed by atoms with Crippen molar-refractivity contribution in [2.45, 2.75) is 37.9 Å². The molecule has 8 heteroatoms. The van der Waals surface area contributed by atoms with Crippen molar-refractivity contribution in [1.29, 1.82) is 0 Å². The normalized spacial score (nSPS) is 11.2. The van der Waals surface area contributed by atoms with Crippen LogP contribution >= 0.6 is 11.8 Å². The van der Waals surface area contributed by atoms with E-state index in [1.807, 2.05) is 17.8 Å². The van der Waals surface area contributed by atoms with Crippen molar-refractivity contribution >= 4 is 17.7 Å². The topological polar surface area (TPSA) is 85.8 Å². The number of aryl methyl sites for hydroxylation is 2. The highest BCUT2D eigenvalue weighted by molar-refractivity contribution is 7.99. The maximum absolute atomic E-state index is 10.7. The molecule has 0 aliphatic carbocycles. The van der Waals surface area contributed by atoms with Gasteiger partial charge >= 0.3 is 5.97 Å². The van der Waals surface area contributed by atoms with Gasteiger partial charge in [0.2, 0.25) is 0 Å². The lowest BCUT2D eigenvalue weighted by Crippen LogP contribution is -2.11. The Hall–Kier alpha value is -1.83. The van der Waals surface area contributed by atoms with Crippen LogP contribution in [0.5, 0.6) is 0 Å². The van der Waals surface area contributed by atoms with E-state index >= 15 is 0 Å². The number of thioether (sulfide) groups is 1. The molecule has 0 bridgehead atoms. The quantitative estimate of drug-likeness (QED) is 0.781. The summed E-state index contributed by atoms with van der Waals surface area (Å²) in [6, 6.07) is 0. The van der Waals surface area contributed by atoms with Gasteiger partial charge in [0.15, 0.2) is 5.16 Å². The van der Waals surface area contributed by atoms with Crippen LogP contribution in [0.1, 0.15) is 31.3 Å². The molecule has 0 radical (unpaired) electrons. The van der Waals surface area contributed by atoms with Crippen molar-refractivity contribution in [3.05, 3.63) is 24.0 Å². The number of nitrogens with zero attached hydrogens (tertiary/aromatic N) is 5. The van der Waals surface area contributed by atoms with Crippen molar-refractivity contribution < 1.29 is 9.90 Å². The van der Waals surface area contributed by atoms with Crippen LogP contribution in [-0.2, 0) is 24.8 Å². The predicted octanol–water partition coefficient (Wildman–Crippen LogP) is 1.55. The lowest BCUT2D eigenvalue weighted by atomic mass is 10.1. The summed E-state index contributed by atoms with van der Waals surface area (Å²) in [6.07, 6.45) is 4.23. The minimum absolute atomic E-state index is 0.0124. The lowest BCUT2D eigenvalue weighted by molar-refractivity contribution is -0.133. The van der Waals surface area contributed by atoms with Crippen LogP contribution < -0.4 is 0 Å². The average Bonchev–Trinajstić information content (AvgIpc) is 3.00. The first-order chi connectivity index (χ1) is 9.99. The van der Waals surface area contributed by atoms with Crippen molar-refractivity contribution in [3.63, 3.8) is 0 Å². The number of aromatic nitrogens is 5. The SMILES string of the molecule is CC(C)c1cnc(SCC(=O)O)n1CCc1nncn1C. The van der Waals surface area contributed by atoms with Gasteiger partial charge in [0.1, 0.15) is 12.2 Å². The summed E-state index contributed by atoms with van der Waals surface area (Å²) in [4.78, 5) is 15.1. The molecule has 2 rings (SSSR count). The Morgan fingerprint density at radius 3 is 2.81 bits per heavy atom. The number of imidazole rings is 1. The van der Waals surface area contributed by atoms with E-state index < -0.39 is 5.97 Å². The fourth-order valence-electron chi connectivity index (χ4n) is 2.04. The van der Waals surface area contributed by atoms with E-state index in [-0.39, 0.29) is 5.75 Å². The zero-order valence-corrected chi connectivity index (χ0v) is 13.2. The molecule has 7 nitrogen and oxygen atoms in total. The monoisotopic (exact) mass is 309 g/mol. The van der Waals surface area contributed by atoms with Crippen LogP contribution in [0.25, 0.3) is 0 Å². The summed E-state index contributed by atoms with van der Waals surface area (Å²) >= 11 is 1.24. The van der Waals surface area contributed by atoms with Crippen LogP contribution in [0.3, 0.4) is 0 Å². The van der Waals surface area contributed by atoms with Crippen molar-refractivity contribution in [2.75, 3.05) is 5.75 Å². The molecule has 0 aliphatic heterocycles. The first-order valence-corrected chi connectivity index (χ1v) is 7.70. The molecule has 0 saturated heterocycles. The number of hydrogen-bond acceptors (Lipinski definition) is 5. The van der Waals surface area contributed by atoms with Gasteiger partial charge in [-0.2, -0.15) is 0 Å². The van der Waals surface area contributed by atoms with Crippen molar-refractivity contribution in [3.8, 4) is 0 Å². The Bertz CT molecular complexity index is 620. The van der Waals surface area contributed by atoms with Crippen LogP contribution in [0.2, 0.25) is 0 Å². The minimum atomic E-state index is -0.839. The molecule has 0 fully saturated rings.